The standard InChI is InChI=1S/C15H21N3O2/c1-2-6-17-15(20)12-4-3-5-13(8-12)18-14(19)7-11-9-16-10-11/h3-5,8,11,16H,2,6-7,9-10H2,1H3,(H,17,20)(H,18,19). The van der Waals surface area contributed by atoms with E-state index in [2.05, 4.69) is 16.0 Å². The first kappa shape index (κ1) is 14.5. The average molecular weight is 275 g/mol. The summed E-state index contributed by atoms with van der Waals surface area (Å²) in [6, 6.07) is 7.04. The summed E-state index contributed by atoms with van der Waals surface area (Å²) < 4.78 is 0. The van der Waals surface area contributed by atoms with Gasteiger partial charge in [-0.15, -0.1) is 0 Å². The molecule has 108 valence electrons. The van der Waals surface area contributed by atoms with Gasteiger partial charge in [0, 0.05) is 24.2 Å². The maximum Gasteiger partial charge on any atom is 0.251 e. The summed E-state index contributed by atoms with van der Waals surface area (Å²) >= 11 is 0. The molecule has 2 amide bonds. The van der Waals surface area contributed by atoms with Gasteiger partial charge < -0.3 is 16.0 Å². The Kier molecular flexibility index (Phi) is 5.12. The molecule has 1 saturated heterocycles. The molecule has 20 heavy (non-hydrogen) atoms. The van der Waals surface area contributed by atoms with Crippen LogP contribution in [-0.2, 0) is 4.79 Å². The van der Waals surface area contributed by atoms with Crippen molar-refractivity contribution in [2.24, 2.45) is 5.92 Å². The first-order chi connectivity index (χ1) is 9.69. The fraction of sp³-hybridized carbons (Fsp3) is 0.467. The van der Waals surface area contributed by atoms with E-state index in [4.69, 9.17) is 0 Å². The molecule has 5 nitrogen and oxygen atoms in total. The van der Waals surface area contributed by atoms with E-state index < -0.39 is 0 Å². The Balaban J connectivity index is 1.91. The molecule has 1 aromatic carbocycles. The minimum absolute atomic E-state index is 0.00242. The van der Waals surface area contributed by atoms with Crippen molar-refractivity contribution >= 4 is 17.5 Å². The van der Waals surface area contributed by atoms with Crippen molar-refractivity contribution in [3.05, 3.63) is 29.8 Å². The molecule has 0 aromatic heterocycles. The van der Waals surface area contributed by atoms with Crippen molar-refractivity contribution in [1.82, 2.24) is 10.6 Å². The topological polar surface area (TPSA) is 70.2 Å². The molecule has 0 spiro atoms. The van der Waals surface area contributed by atoms with Crippen LogP contribution in [0.3, 0.4) is 0 Å². The first-order valence-corrected chi connectivity index (χ1v) is 7.08. The highest BCUT2D eigenvalue weighted by molar-refractivity contribution is 5.97. The Morgan fingerprint density at radius 1 is 1.35 bits per heavy atom. The Morgan fingerprint density at radius 3 is 2.80 bits per heavy atom. The minimum Gasteiger partial charge on any atom is -0.352 e. The van der Waals surface area contributed by atoms with Gasteiger partial charge in [-0.3, -0.25) is 9.59 Å². The number of benzene rings is 1. The first-order valence-electron chi connectivity index (χ1n) is 7.08. The second-order valence-corrected chi connectivity index (χ2v) is 5.11. The summed E-state index contributed by atoms with van der Waals surface area (Å²) in [6.07, 6.45) is 1.43. The molecule has 0 unspecified atom stereocenters. The number of hydrogen-bond donors (Lipinski definition) is 3. The van der Waals surface area contributed by atoms with Crippen molar-refractivity contribution in [2.45, 2.75) is 19.8 Å². The van der Waals surface area contributed by atoms with Crippen LogP contribution in [0.1, 0.15) is 30.1 Å². The molecule has 1 fully saturated rings. The lowest BCUT2D eigenvalue weighted by Crippen LogP contribution is -2.43. The van der Waals surface area contributed by atoms with Crippen LogP contribution in [0.2, 0.25) is 0 Å². The van der Waals surface area contributed by atoms with Gasteiger partial charge in [-0.1, -0.05) is 13.0 Å². The third-order valence-electron chi connectivity index (χ3n) is 3.28. The number of hydrogen-bond acceptors (Lipinski definition) is 3. The van der Waals surface area contributed by atoms with Gasteiger partial charge in [-0.25, -0.2) is 0 Å². The van der Waals surface area contributed by atoms with Gasteiger partial charge in [-0.05, 0) is 43.6 Å². The van der Waals surface area contributed by atoms with Crippen molar-refractivity contribution in [3.8, 4) is 0 Å². The number of anilines is 1. The maximum absolute atomic E-state index is 11.8. The van der Waals surface area contributed by atoms with Gasteiger partial charge >= 0.3 is 0 Å². The van der Waals surface area contributed by atoms with Crippen molar-refractivity contribution in [3.63, 3.8) is 0 Å². The fourth-order valence-corrected chi connectivity index (χ4v) is 2.05. The molecule has 1 aliphatic heterocycles. The molecule has 1 aliphatic rings. The Bertz CT molecular complexity index is 484. The summed E-state index contributed by atoms with van der Waals surface area (Å²) in [7, 11) is 0. The predicted molar refractivity (Wildman–Crippen MR) is 78.7 cm³/mol. The van der Waals surface area contributed by atoms with Crippen LogP contribution in [-0.4, -0.2) is 31.4 Å². The normalized spacial score (nSPS) is 14.4. The maximum atomic E-state index is 11.8. The van der Waals surface area contributed by atoms with E-state index in [0.717, 1.165) is 19.5 Å². The van der Waals surface area contributed by atoms with E-state index in [1.165, 1.54) is 0 Å². The summed E-state index contributed by atoms with van der Waals surface area (Å²) in [5.41, 5.74) is 1.24. The third kappa shape index (κ3) is 4.06. The second kappa shape index (κ2) is 7.05. The molecule has 1 heterocycles. The largest absolute Gasteiger partial charge is 0.352 e. The highest BCUT2D eigenvalue weighted by Crippen LogP contribution is 2.14. The van der Waals surface area contributed by atoms with Crippen LogP contribution in [0.5, 0.6) is 0 Å². The third-order valence-corrected chi connectivity index (χ3v) is 3.28. The molecule has 0 atom stereocenters. The monoisotopic (exact) mass is 275 g/mol. The molecule has 3 N–H and O–H groups in total. The average Bonchev–Trinajstić information content (AvgIpc) is 2.40. The van der Waals surface area contributed by atoms with Gasteiger partial charge in [0.25, 0.3) is 5.91 Å². The van der Waals surface area contributed by atoms with E-state index in [1.807, 2.05) is 6.92 Å². The van der Waals surface area contributed by atoms with E-state index in [1.54, 1.807) is 24.3 Å². The molecular formula is C15H21N3O2. The number of carbonyl (C=O) groups is 2. The van der Waals surface area contributed by atoms with Crippen LogP contribution in [0.4, 0.5) is 5.69 Å². The Morgan fingerprint density at radius 2 is 2.15 bits per heavy atom. The van der Waals surface area contributed by atoms with Gasteiger partial charge in [0.15, 0.2) is 0 Å². The van der Waals surface area contributed by atoms with Gasteiger partial charge in [0.1, 0.15) is 0 Å². The van der Waals surface area contributed by atoms with E-state index >= 15 is 0 Å². The van der Waals surface area contributed by atoms with Gasteiger partial charge in [0.05, 0.1) is 0 Å². The second-order valence-electron chi connectivity index (χ2n) is 5.11. The molecule has 5 heteroatoms. The predicted octanol–water partition coefficient (Wildman–Crippen LogP) is 1.37. The fourth-order valence-electron chi connectivity index (χ4n) is 2.05. The molecule has 0 radical (unpaired) electrons. The summed E-state index contributed by atoms with van der Waals surface area (Å²) in [5.74, 6) is 0.333. The zero-order valence-corrected chi connectivity index (χ0v) is 11.7. The van der Waals surface area contributed by atoms with Crippen LogP contribution >= 0.6 is 0 Å². The lowest BCUT2D eigenvalue weighted by atomic mass is 9.99. The van der Waals surface area contributed by atoms with Crippen LogP contribution in [0.15, 0.2) is 24.3 Å². The SMILES string of the molecule is CCCNC(=O)c1cccc(NC(=O)CC2CNC2)c1. The van der Waals surface area contributed by atoms with Crippen LogP contribution in [0.25, 0.3) is 0 Å². The molecule has 0 bridgehead atoms. The zero-order valence-electron chi connectivity index (χ0n) is 11.7. The van der Waals surface area contributed by atoms with Gasteiger partial charge in [-0.2, -0.15) is 0 Å². The van der Waals surface area contributed by atoms with Crippen molar-refractivity contribution < 1.29 is 9.59 Å². The minimum atomic E-state index is -0.105. The smallest absolute Gasteiger partial charge is 0.251 e. The van der Waals surface area contributed by atoms with Crippen molar-refractivity contribution in [1.29, 1.82) is 0 Å². The van der Waals surface area contributed by atoms with E-state index in [0.29, 0.717) is 30.1 Å². The van der Waals surface area contributed by atoms with Gasteiger partial charge in [0.2, 0.25) is 5.91 Å². The van der Waals surface area contributed by atoms with Crippen LogP contribution in [0, 0.1) is 5.92 Å². The molecule has 2 rings (SSSR count). The zero-order chi connectivity index (χ0) is 14.4. The lowest BCUT2D eigenvalue weighted by Gasteiger charge is -2.26. The number of nitrogens with one attached hydrogen (secondary N) is 3. The molecular weight excluding hydrogens is 254 g/mol. The van der Waals surface area contributed by atoms with Crippen LogP contribution < -0.4 is 16.0 Å². The molecule has 0 saturated carbocycles. The van der Waals surface area contributed by atoms with Crippen molar-refractivity contribution in [2.75, 3.05) is 25.0 Å². The lowest BCUT2D eigenvalue weighted by molar-refractivity contribution is -0.117. The number of amides is 2. The highest BCUT2D eigenvalue weighted by atomic mass is 16.2. The Labute approximate surface area is 119 Å². The molecule has 1 aromatic rings. The highest BCUT2D eigenvalue weighted by Gasteiger charge is 2.20. The quantitative estimate of drug-likeness (QED) is 0.734. The summed E-state index contributed by atoms with van der Waals surface area (Å²) in [4.78, 5) is 23.7. The van der Waals surface area contributed by atoms with E-state index in [-0.39, 0.29) is 11.8 Å². The molecule has 0 aliphatic carbocycles. The summed E-state index contributed by atoms with van der Waals surface area (Å²) in [6.45, 7) is 4.48. The number of carbonyl (C=O) groups excluding carboxylic acids is 2. The Hall–Kier alpha value is -1.88. The summed E-state index contributed by atoms with van der Waals surface area (Å²) in [5, 5.41) is 8.81. The number of rotatable bonds is 6. The van der Waals surface area contributed by atoms with E-state index in [9.17, 15) is 9.59 Å².